The Bertz CT molecular complexity index is 1200. The summed E-state index contributed by atoms with van der Waals surface area (Å²) >= 11 is 0. The van der Waals surface area contributed by atoms with Crippen molar-refractivity contribution in [2.75, 3.05) is 26.8 Å². The third-order valence-corrected chi connectivity index (χ3v) is 6.55. The lowest BCUT2D eigenvalue weighted by Crippen LogP contribution is -2.58. The van der Waals surface area contributed by atoms with Gasteiger partial charge in [-0.2, -0.15) is 0 Å². The lowest BCUT2D eigenvalue weighted by molar-refractivity contribution is -0.139. The lowest BCUT2D eigenvalue weighted by Gasteiger charge is -2.44. The number of rotatable bonds is 8. The van der Waals surface area contributed by atoms with Crippen LogP contribution in [0.15, 0.2) is 72.8 Å². The summed E-state index contributed by atoms with van der Waals surface area (Å²) in [4.78, 5) is 30.3. The molecule has 1 aliphatic heterocycles. The summed E-state index contributed by atoms with van der Waals surface area (Å²) in [6.07, 6.45) is 0. The average Bonchev–Trinajstić information content (AvgIpc) is 2.90. The second kappa shape index (κ2) is 11.4. The minimum atomic E-state index is -0.250. The molecule has 0 bridgehead atoms. The van der Waals surface area contributed by atoms with Gasteiger partial charge in [0.25, 0.3) is 5.91 Å². The van der Waals surface area contributed by atoms with Crippen molar-refractivity contribution in [3.05, 3.63) is 95.3 Å². The van der Waals surface area contributed by atoms with Crippen LogP contribution in [0.1, 0.15) is 35.3 Å². The van der Waals surface area contributed by atoms with Crippen molar-refractivity contribution < 1.29 is 23.5 Å². The number of nitrogens with zero attached hydrogens (tertiary/aromatic N) is 2. The maximum atomic E-state index is 13.2. The molecule has 0 aromatic heterocycles. The Balaban J connectivity index is 1.42. The number of hydrogen-bond donors (Lipinski definition) is 0. The van der Waals surface area contributed by atoms with Crippen molar-refractivity contribution in [1.82, 2.24) is 9.80 Å². The molecule has 4 rings (SSSR count). The zero-order chi connectivity index (χ0) is 25.7. The van der Waals surface area contributed by atoms with Gasteiger partial charge in [0.2, 0.25) is 0 Å². The smallest absolute Gasteiger partial charge is 0.260 e. The van der Waals surface area contributed by atoms with E-state index in [2.05, 4.69) is 11.8 Å². The Morgan fingerprint density at radius 3 is 2.36 bits per heavy atom. The van der Waals surface area contributed by atoms with Gasteiger partial charge in [-0.15, -0.1) is 0 Å². The van der Waals surface area contributed by atoms with Crippen molar-refractivity contribution in [3.63, 3.8) is 0 Å². The van der Waals surface area contributed by atoms with Gasteiger partial charge in [0, 0.05) is 43.3 Å². The minimum Gasteiger partial charge on any atom is -0.497 e. The second-order valence-corrected chi connectivity index (χ2v) is 9.15. The highest BCUT2D eigenvalue weighted by Crippen LogP contribution is 2.27. The number of methoxy groups -OCH3 is 1. The summed E-state index contributed by atoms with van der Waals surface area (Å²) in [5.41, 5.74) is 1.95. The van der Waals surface area contributed by atoms with Gasteiger partial charge in [-0.3, -0.25) is 14.5 Å². The van der Waals surface area contributed by atoms with Gasteiger partial charge >= 0.3 is 0 Å². The zero-order valence-corrected chi connectivity index (χ0v) is 20.8. The summed E-state index contributed by atoms with van der Waals surface area (Å²) in [6.45, 7) is 5.85. The van der Waals surface area contributed by atoms with Crippen LogP contribution in [0.25, 0.3) is 0 Å². The summed E-state index contributed by atoms with van der Waals surface area (Å²) in [7, 11) is 1.54. The molecule has 1 aliphatic rings. The molecular weight excluding hydrogens is 459 g/mol. The van der Waals surface area contributed by atoms with Crippen LogP contribution in [0.2, 0.25) is 0 Å². The van der Waals surface area contributed by atoms with Gasteiger partial charge in [0.15, 0.2) is 12.4 Å². The maximum Gasteiger partial charge on any atom is 0.260 e. The summed E-state index contributed by atoms with van der Waals surface area (Å²) < 4.78 is 24.5. The average molecular weight is 491 g/mol. The number of carbonyl (C=O) groups excluding carboxylic acids is 2. The van der Waals surface area contributed by atoms with E-state index < -0.39 is 0 Å². The largest absolute Gasteiger partial charge is 0.497 e. The van der Waals surface area contributed by atoms with E-state index >= 15 is 0 Å². The first-order valence-corrected chi connectivity index (χ1v) is 12.0. The highest BCUT2D eigenvalue weighted by atomic mass is 19.1. The van der Waals surface area contributed by atoms with Crippen LogP contribution in [-0.2, 0) is 11.3 Å². The number of halogens is 1. The minimum absolute atomic E-state index is 0.0199. The van der Waals surface area contributed by atoms with E-state index in [4.69, 9.17) is 9.47 Å². The predicted octanol–water partition coefficient (Wildman–Crippen LogP) is 4.57. The molecule has 1 saturated heterocycles. The normalized spacial score (nSPS) is 18.1. The van der Waals surface area contributed by atoms with E-state index in [1.807, 2.05) is 17.9 Å². The van der Waals surface area contributed by atoms with Crippen LogP contribution >= 0.6 is 0 Å². The first-order chi connectivity index (χ1) is 17.4. The summed E-state index contributed by atoms with van der Waals surface area (Å²) in [6, 6.07) is 20.6. The van der Waals surface area contributed by atoms with E-state index in [1.165, 1.54) is 19.2 Å². The number of benzene rings is 3. The monoisotopic (exact) mass is 490 g/mol. The highest BCUT2D eigenvalue weighted by molar-refractivity contribution is 6.10. The number of carbonyl (C=O) groups is 2. The Hall–Kier alpha value is -3.71. The van der Waals surface area contributed by atoms with Gasteiger partial charge in [-0.05, 0) is 43.7 Å². The molecule has 0 N–H and O–H groups in total. The molecule has 0 radical (unpaired) electrons. The molecule has 1 amide bonds. The van der Waals surface area contributed by atoms with Crippen LogP contribution in [0.5, 0.6) is 11.5 Å². The molecule has 1 fully saturated rings. The molecule has 7 heteroatoms. The van der Waals surface area contributed by atoms with Crippen LogP contribution in [0.4, 0.5) is 4.39 Å². The molecule has 2 unspecified atom stereocenters. The molecule has 0 aliphatic carbocycles. The van der Waals surface area contributed by atoms with Crippen LogP contribution in [-0.4, -0.2) is 60.4 Å². The number of ether oxygens (including phenoxy) is 2. The molecule has 3 aromatic carbocycles. The topological polar surface area (TPSA) is 59.1 Å². The zero-order valence-electron chi connectivity index (χ0n) is 20.8. The van der Waals surface area contributed by atoms with Gasteiger partial charge in [-0.25, -0.2) is 4.39 Å². The lowest BCUT2D eigenvalue weighted by atomic mass is 10.0. The van der Waals surface area contributed by atoms with Crippen molar-refractivity contribution >= 4 is 11.7 Å². The Kier molecular flexibility index (Phi) is 8.00. The molecular formula is C29H31FN2O4. The van der Waals surface area contributed by atoms with Crippen LogP contribution < -0.4 is 9.47 Å². The molecule has 188 valence electrons. The molecule has 3 aromatic rings. The van der Waals surface area contributed by atoms with Crippen molar-refractivity contribution in [3.8, 4) is 11.5 Å². The predicted molar refractivity (Wildman–Crippen MR) is 136 cm³/mol. The maximum absolute atomic E-state index is 13.2. The van der Waals surface area contributed by atoms with Gasteiger partial charge in [0.1, 0.15) is 17.3 Å². The molecule has 0 saturated carbocycles. The number of amides is 1. The molecule has 2 atom stereocenters. The SMILES string of the molecule is COc1ccc(C(=O)c2ccccc2)c(OCC(=O)N2CC(C)N(Cc3ccc(F)cc3)CC2C)c1. The van der Waals surface area contributed by atoms with Crippen LogP contribution in [0.3, 0.4) is 0 Å². The number of piperazine rings is 1. The fourth-order valence-corrected chi connectivity index (χ4v) is 4.49. The standard InChI is InChI=1S/C29H31FN2O4/c1-20-17-32(21(2)16-31(20)18-22-9-11-24(30)12-10-22)28(33)19-36-27-15-25(35-3)13-14-26(27)29(34)23-7-5-4-6-8-23/h4-15,20-21H,16-19H2,1-3H3. The quantitative estimate of drug-likeness (QED) is 0.433. The van der Waals surface area contributed by atoms with Crippen LogP contribution in [0, 0.1) is 5.82 Å². The third kappa shape index (κ3) is 5.91. The van der Waals surface area contributed by atoms with Gasteiger partial charge in [-0.1, -0.05) is 42.5 Å². The van der Waals surface area contributed by atoms with Crippen molar-refractivity contribution in [1.29, 1.82) is 0 Å². The van der Waals surface area contributed by atoms with E-state index in [9.17, 15) is 14.0 Å². The van der Waals surface area contributed by atoms with E-state index in [1.54, 1.807) is 54.6 Å². The fraction of sp³-hybridized carbons (Fsp3) is 0.310. The summed E-state index contributed by atoms with van der Waals surface area (Å²) in [5.74, 6) is 0.278. The first-order valence-electron chi connectivity index (χ1n) is 12.0. The number of hydrogen-bond acceptors (Lipinski definition) is 5. The second-order valence-electron chi connectivity index (χ2n) is 9.15. The Morgan fingerprint density at radius 1 is 0.944 bits per heavy atom. The van der Waals surface area contributed by atoms with Gasteiger partial charge < -0.3 is 14.4 Å². The van der Waals surface area contributed by atoms with Gasteiger partial charge in [0.05, 0.1) is 12.7 Å². The van der Waals surface area contributed by atoms with E-state index in [-0.39, 0.29) is 36.2 Å². The number of ketones is 1. The van der Waals surface area contributed by atoms with Crippen molar-refractivity contribution in [2.45, 2.75) is 32.5 Å². The van der Waals surface area contributed by atoms with E-state index in [0.717, 1.165) is 5.56 Å². The molecule has 0 spiro atoms. The first kappa shape index (κ1) is 25.4. The van der Waals surface area contributed by atoms with E-state index in [0.29, 0.717) is 42.3 Å². The molecule has 36 heavy (non-hydrogen) atoms. The summed E-state index contributed by atoms with van der Waals surface area (Å²) in [5, 5.41) is 0. The third-order valence-electron chi connectivity index (χ3n) is 6.55. The van der Waals surface area contributed by atoms with Crippen molar-refractivity contribution in [2.24, 2.45) is 0 Å². The Morgan fingerprint density at radius 2 is 1.67 bits per heavy atom. The molecule has 1 heterocycles. The Labute approximate surface area is 211 Å². The highest BCUT2D eigenvalue weighted by Gasteiger charge is 2.32. The fourth-order valence-electron chi connectivity index (χ4n) is 4.49. The molecule has 6 nitrogen and oxygen atoms in total.